The van der Waals surface area contributed by atoms with Gasteiger partial charge in [-0.3, -0.25) is 14.5 Å². The van der Waals surface area contributed by atoms with Gasteiger partial charge in [-0.2, -0.15) is 0 Å². The van der Waals surface area contributed by atoms with E-state index in [0.29, 0.717) is 31.7 Å². The average molecular weight is 371 g/mol. The zero-order valence-corrected chi connectivity index (χ0v) is 16.2. The van der Waals surface area contributed by atoms with Gasteiger partial charge in [-0.05, 0) is 36.3 Å². The first-order valence-electron chi connectivity index (χ1n) is 9.91. The molecule has 2 N–H and O–H groups in total. The Morgan fingerprint density at radius 2 is 1.81 bits per heavy atom. The summed E-state index contributed by atoms with van der Waals surface area (Å²) in [7, 11) is 0. The van der Waals surface area contributed by atoms with Crippen LogP contribution in [0.5, 0.6) is 0 Å². The second-order valence-electron chi connectivity index (χ2n) is 7.96. The van der Waals surface area contributed by atoms with Gasteiger partial charge in [0.25, 0.3) is 5.91 Å². The Morgan fingerprint density at radius 1 is 1.15 bits per heavy atom. The number of carbonyl (C=O) groups excluding carboxylic acids is 3. The highest BCUT2D eigenvalue weighted by molar-refractivity contribution is 6.09. The summed E-state index contributed by atoms with van der Waals surface area (Å²) in [6.07, 6.45) is 5.01. The molecule has 1 aliphatic carbocycles. The zero-order chi connectivity index (χ0) is 19.4. The molecule has 6 nitrogen and oxygen atoms in total. The molecule has 3 rings (SSSR count). The predicted octanol–water partition coefficient (Wildman–Crippen LogP) is 2.72. The van der Waals surface area contributed by atoms with Crippen molar-refractivity contribution in [2.75, 3.05) is 13.1 Å². The highest BCUT2D eigenvalue weighted by Gasteiger charge is 2.51. The molecule has 2 aliphatic rings. The van der Waals surface area contributed by atoms with E-state index in [1.165, 1.54) is 5.56 Å². The smallest absolute Gasteiger partial charge is 0.325 e. The van der Waals surface area contributed by atoms with E-state index < -0.39 is 11.6 Å². The van der Waals surface area contributed by atoms with Crippen LogP contribution in [-0.4, -0.2) is 41.4 Å². The monoisotopic (exact) mass is 371 g/mol. The minimum atomic E-state index is -0.770. The van der Waals surface area contributed by atoms with Crippen LogP contribution in [0.2, 0.25) is 0 Å². The van der Waals surface area contributed by atoms with Crippen molar-refractivity contribution >= 4 is 17.8 Å². The molecule has 0 unspecified atom stereocenters. The first-order valence-corrected chi connectivity index (χ1v) is 9.91. The van der Waals surface area contributed by atoms with E-state index >= 15 is 0 Å². The fourth-order valence-electron chi connectivity index (χ4n) is 3.93. The molecule has 0 radical (unpaired) electrons. The van der Waals surface area contributed by atoms with Crippen molar-refractivity contribution in [3.05, 3.63) is 35.4 Å². The molecule has 0 aromatic heterocycles. The van der Waals surface area contributed by atoms with Gasteiger partial charge < -0.3 is 10.6 Å². The molecular formula is C21H29N3O3. The third kappa shape index (κ3) is 4.31. The summed E-state index contributed by atoms with van der Waals surface area (Å²) in [4.78, 5) is 38.1. The van der Waals surface area contributed by atoms with Gasteiger partial charge in [-0.25, -0.2) is 4.79 Å². The maximum absolute atomic E-state index is 12.7. The minimum absolute atomic E-state index is 0.210. The summed E-state index contributed by atoms with van der Waals surface area (Å²) in [5, 5.41) is 5.64. The quantitative estimate of drug-likeness (QED) is 0.755. The number of hydrogen-bond acceptors (Lipinski definition) is 3. The second-order valence-corrected chi connectivity index (χ2v) is 7.96. The number of hydrogen-bond donors (Lipinski definition) is 2. The molecular weight excluding hydrogens is 342 g/mol. The summed E-state index contributed by atoms with van der Waals surface area (Å²) < 4.78 is 0. The van der Waals surface area contributed by atoms with Gasteiger partial charge >= 0.3 is 6.03 Å². The number of benzene rings is 1. The molecule has 1 aromatic rings. The van der Waals surface area contributed by atoms with Crippen LogP contribution in [0, 0.1) is 0 Å². The van der Waals surface area contributed by atoms with Crippen molar-refractivity contribution < 1.29 is 14.4 Å². The lowest BCUT2D eigenvalue weighted by molar-refractivity contribution is -0.135. The normalized spacial score (nSPS) is 18.9. The lowest BCUT2D eigenvalue weighted by Crippen LogP contribution is -2.49. The van der Waals surface area contributed by atoms with Crippen LogP contribution < -0.4 is 10.6 Å². The van der Waals surface area contributed by atoms with Crippen LogP contribution in [0.4, 0.5) is 4.79 Å². The van der Waals surface area contributed by atoms with Crippen molar-refractivity contribution in [2.45, 2.75) is 63.8 Å². The molecule has 0 atom stereocenters. The third-order valence-corrected chi connectivity index (χ3v) is 5.64. The van der Waals surface area contributed by atoms with Crippen molar-refractivity contribution in [3.63, 3.8) is 0 Å². The highest BCUT2D eigenvalue weighted by atomic mass is 16.2. The predicted molar refractivity (Wildman–Crippen MR) is 103 cm³/mol. The molecule has 6 heteroatoms. The van der Waals surface area contributed by atoms with Crippen LogP contribution in [0.3, 0.4) is 0 Å². The first kappa shape index (κ1) is 19.4. The summed E-state index contributed by atoms with van der Waals surface area (Å²) in [5.41, 5.74) is 1.67. The molecule has 1 heterocycles. The number of amides is 4. The van der Waals surface area contributed by atoms with Gasteiger partial charge in [-0.1, -0.05) is 57.4 Å². The maximum atomic E-state index is 12.7. The van der Waals surface area contributed by atoms with Gasteiger partial charge in [0.15, 0.2) is 0 Å². The van der Waals surface area contributed by atoms with Gasteiger partial charge in [0, 0.05) is 6.54 Å². The van der Waals surface area contributed by atoms with Crippen molar-refractivity contribution in [3.8, 4) is 0 Å². The van der Waals surface area contributed by atoms with Gasteiger partial charge in [0.2, 0.25) is 5.91 Å². The largest absolute Gasteiger partial charge is 0.354 e. The van der Waals surface area contributed by atoms with Crippen LogP contribution in [0.25, 0.3) is 0 Å². The molecule has 4 amide bonds. The van der Waals surface area contributed by atoms with Gasteiger partial charge in [-0.15, -0.1) is 0 Å². The van der Waals surface area contributed by atoms with Gasteiger partial charge in [0.05, 0.1) is 0 Å². The highest BCUT2D eigenvalue weighted by Crippen LogP contribution is 2.33. The van der Waals surface area contributed by atoms with E-state index in [0.717, 1.165) is 29.7 Å². The molecule has 1 saturated carbocycles. The number of carbonyl (C=O) groups is 3. The Morgan fingerprint density at radius 3 is 2.44 bits per heavy atom. The Labute approximate surface area is 160 Å². The molecule has 0 bridgehead atoms. The Kier molecular flexibility index (Phi) is 5.82. The Bertz CT molecular complexity index is 706. The van der Waals surface area contributed by atoms with Crippen molar-refractivity contribution in [1.29, 1.82) is 0 Å². The number of imide groups is 1. The standard InChI is InChI=1S/C21H29N3O3/c1-15(2)17-8-6-16(7-9-17)10-13-22-18(25)14-24-19(26)21(23-20(24)27)11-4-3-5-12-21/h6-9,15H,3-5,10-14H2,1-2H3,(H,22,25)(H,23,27). The fraction of sp³-hybridized carbons (Fsp3) is 0.571. The van der Waals surface area contributed by atoms with Gasteiger partial charge in [0.1, 0.15) is 12.1 Å². The lowest BCUT2D eigenvalue weighted by atomic mass is 9.82. The van der Waals surface area contributed by atoms with E-state index in [1.807, 2.05) is 0 Å². The van der Waals surface area contributed by atoms with E-state index in [-0.39, 0.29) is 18.4 Å². The van der Waals surface area contributed by atoms with Crippen molar-refractivity contribution in [2.24, 2.45) is 0 Å². The van der Waals surface area contributed by atoms with Crippen LogP contribution in [-0.2, 0) is 16.0 Å². The fourth-order valence-corrected chi connectivity index (χ4v) is 3.93. The SMILES string of the molecule is CC(C)c1ccc(CCNC(=O)CN2C(=O)NC3(CCCCC3)C2=O)cc1. The first-order chi connectivity index (χ1) is 12.9. The molecule has 27 heavy (non-hydrogen) atoms. The van der Waals surface area contributed by atoms with Crippen LogP contribution in [0.1, 0.15) is 63.0 Å². The number of rotatable bonds is 6. The Balaban J connectivity index is 1.47. The average Bonchev–Trinajstić information content (AvgIpc) is 2.87. The maximum Gasteiger partial charge on any atom is 0.325 e. The molecule has 2 fully saturated rings. The minimum Gasteiger partial charge on any atom is -0.354 e. The zero-order valence-electron chi connectivity index (χ0n) is 16.2. The Hall–Kier alpha value is -2.37. The number of nitrogens with one attached hydrogen (secondary N) is 2. The summed E-state index contributed by atoms with van der Waals surface area (Å²) in [5.74, 6) is -0.0489. The number of urea groups is 1. The topological polar surface area (TPSA) is 78.5 Å². The summed E-state index contributed by atoms with van der Waals surface area (Å²) >= 11 is 0. The van der Waals surface area contributed by atoms with E-state index in [9.17, 15) is 14.4 Å². The van der Waals surface area contributed by atoms with E-state index in [1.54, 1.807) is 0 Å². The second kappa shape index (κ2) is 8.11. The third-order valence-electron chi connectivity index (χ3n) is 5.64. The molecule has 1 aromatic carbocycles. The molecule has 146 valence electrons. The van der Waals surface area contributed by atoms with Crippen LogP contribution in [0.15, 0.2) is 24.3 Å². The molecule has 1 saturated heterocycles. The van der Waals surface area contributed by atoms with Crippen LogP contribution >= 0.6 is 0 Å². The van der Waals surface area contributed by atoms with Crippen molar-refractivity contribution in [1.82, 2.24) is 15.5 Å². The molecule has 1 aliphatic heterocycles. The molecule has 1 spiro atoms. The summed E-state index contributed by atoms with van der Waals surface area (Å²) in [6, 6.07) is 7.93. The lowest BCUT2D eigenvalue weighted by Gasteiger charge is -2.30. The summed E-state index contributed by atoms with van der Waals surface area (Å²) in [6.45, 7) is 4.58. The van der Waals surface area contributed by atoms with E-state index in [4.69, 9.17) is 0 Å². The number of nitrogens with zero attached hydrogens (tertiary/aromatic N) is 1. The van der Waals surface area contributed by atoms with E-state index in [2.05, 4.69) is 48.7 Å².